The first-order chi connectivity index (χ1) is 14.2. The molecule has 0 bridgehead atoms. The van der Waals surface area contributed by atoms with E-state index < -0.39 is 14.9 Å². The highest BCUT2D eigenvalue weighted by atomic mass is 32.2. The van der Waals surface area contributed by atoms with Gasteiger partial charge in [0.15, 0.2) is 0 Å². The molecule has 0 amide bonds. The van der Waals surface area contributed by atoms with E-state index in [0.29, 0.717) is 17.5 Å². The van der Waals surface area contributed by atoms with Gasteiger partial charge in [-0.3, -0.25) is 10.1 Å². The second kappa shape index (κ2) is 9.62. The lowest BCUT2D eigenvalue weighted by atomic mass is 9.88. The number of hydrogen-bond donors (Lipinski definition) is 1. The molecule has 30 heavy (non-hydrogen) atoms. The third-order valence-electron chi connectivity index (χ3n) is 6.27. The van der Waals surface area contributed by atoms with Crippen LogP contribution in [0.5, 0.6) is 0 Å². The highest BCUT2D eigenvalue weighted by molar-refractivity contribution is 7.89. The van der Waals surface area contributed by atoms with Crippen LogP contribution in [-0.2, 0) is 10.0 Å². The lowest BCUT2D eigenvalue weighted by Gasteiger charge is -2.35. The minimum atomic E-state index is -3.79. The van der Waals surface area contributed by atoms with Crippen LogP contribution < -0.4 is 9.62 Å². The van der Waals surface area contributed by atoms with Crippen molar-refractivity contribution in [3.05, 3.63) is 28.3 Å². The van der Waals surface area contributed by atoms with Crippen molar-refractivity contribution in [2.45, 2.75) is 56.4 Å². The van der Waals surface area contributed by atoms with Gasteiger partial charge in [0.05, 0.1) is 9.82 Å². The van der Waals surface area contributed by atoms with Crippen molar-refractivity contribution in [3.63, 3.8) is 0 Å². The van der Waals surface area contributed by atoms with E-state index in [0.717, 1.165) is 58.2 Å². The third kappa shape index (κ3) is 5.70. The van der Waals surface area contributed by atoms with Crippen molar-refractivity contribution < 1.29 is 13.3 Å². The molecule has 1 aromatic rings. The van der Waals surface area contributed by atoms with Gasteiger partial charge in [0.2, 0.25) is 10.0 Å². The van der Waals surface area contributed by atoms with E-state index in [2.05, 4.69) is 16.5 Å². The molecule has 1 saturated carbocycles. The summed E-state index contributed by atoms with van der Waals surface area (Å²) in [5.74, 6) is 1.05. The van der Waals surface area contributed by atoms with Crippen molar-refractivity contribution in [3.8, 4) is 0 Å². The largest absolute Gasteiger partial charge is 0.366 e. The van der Waals surface area contributed by atoms with Crippen LogP contribution in [0.3, 0.4) is 0 Å². The summed E-state index contributed by atoms with van der Waals surface area (Å²) >= 11 is 0. The summed E-state index contributed by atoms with van der Waals surface area (Å²) in [4.78, 5) is 15.5. The van der Waals surface area contributed by atoms with Gasteiger partial charge in [-0.2, -0.15) is 0 Å². The molecule has 1 heterocycles. The van der Waals surface area contributed by atoms with Gasteiger partial charge in [-0.25, -0.2) is 13.1 Å². The van der Waals surface area contributed by atoms with Gasteiger partial charge in [0, 0.05) is 31.7 Å². The molecular weight excluding hydrogens is 404 g/mol. The molecule has 0 unspecified atom stereocenters. The molecule has 8 nitrogen and oxygen atoms in total. The van der Waals surface area contributed by atoms with Gasteiger partial charge in [-0.1, -0.05) is 6.92 Å². The Morgan fingerprint density at radius 3 is 2.53 bits per heavy atom. The molecule has 1 atom stereocenters. The Morgan fingerprint density at radius 1 is 1.20 bits per heavy atom. The number of nitro groups is 1. The molecule has 0 aromatic heterocycles. The maximum Gasteiger partial charge on any atom is 0.293 e. The molecular formula is C21H34N4O4S. The number of benzene rings is 1. The number of nitrogens with one attached hydrogen (secondary N) is 1. The molecule has 0 spiro atoms. The summed E-state index contributed by atoms with van der Waals surface area (Å²) in [6, 6.07) is 4.23. The van der Waals surface area contributed by atoms with Crippen LogP contribution in [0.2, 0.25) is 0 Å². The fourth-order valence-electron chi connectivity index (χ4n) is 4.70. The monoisotopic (exact) mass is 438 g/mol. The lowest BCUT2D eigenvalue weighted by molar-refractivity contribution is -0.384. The predicted octanol–water partition coefficient (Wildman–Crippen LogP) is 3.23. The summed E-state index contributed by atoms with van der Waals surface area (Å²) in [5, 5.41) is 11.8. The van der Waals surface area contributed by atoms with E-state index in [-0.39, 0.29) is 16.6 Å². The number of hydrogen-bond acceptors (Lipinski definition) is 6. The van der Waals surface area contributed by atoms with Crippen LogP contribution in [0.4, 0.5) is 11.4 Å². The van der Waals surface area contributed by atoms with E-state index >= 15 is 0 Å². The Bertz CT molecular complexity index is 851. The third-order valence-corrected chi connectivity index (χ3v) is 7.79. The van der Waals surface area contributed by atoms with E-state index in [4.69, 9.17) is 0 Å². The first-order valence-electron chi connectivity index (χ1n) is 10.9. The standard InChI is InChI=1S/C21H34N4O4S/c1-16-6-8-18(9-7-16)22-30(28,29)19-10-11-20(21(13-19)25(26)27)24-12-4-5-17(15-24)14-23(2)3/h10-11,13,16-18,22H,4-9,12,14-15H2,1-3H3/t16?,17-,18?/m1/s1. The fourth-order valence-corrected chi connectivity index (χ4v) is 6.02. The average molecular weight is 439 g/mol. The number of nitrogens with zero attached hydrogens (tertiary/aromatic N) is 3. The number of rotatable bonds is 7. The van der Waals surface area contributed by atoms with Crippen molar-refractivity contribution in [1.29, 1.82) is 0 Å². The van der Waals surface area contributed by atoms with Crippen molar-refractivity contribution >= 4 is 21.4 Å². The molecule has 1 aliphatic carbocycles. The van der Waals surface area contributed by atoms with Crippen molar-refractivity contribution in [1.82, 2.24) is 9.62 Å². The van der Waals surface area contributed by atoms with E-state index in [1.807, 2.05) is 19.0 Å². The van der Waals surface area contributed by atoms with Gasteiger partial charge >= 0.3 is 0 Å². The molecule has 1 aromatic carbocycles. The first kappa shape index (κ1) is 23.0. The zero-order chi connectivity index (χ0) is 21.9. The van der Waals surface area contributed by atoms with Gasteiger partial charge < -0.3 is 9.80 Å². The summed E-state index contributed by atoms with van der Waals surface area (Å²) < 4.78 is 28.5. The molecule has 2 aliphatic rings. The number of nitro benzene ring substituents is 1. The summed E-state index contributed by atoms with van der Waals surface area (Å²) in [6.07, 6.45) is 5.67. The van der Waals surface area contributed by atoms with Crippen LogP contribution in [0.15, 0.2) is 23.1 Å². The Labute approximate surface area is 179 Å². The Morgan fingerprint density at radius 2 is 1.90 bits per heavy atom. The zero-order valence-corrected chi connectivity index (χ0v) is 19.0. The Kier molecular flexibility index (Phi) is 7.36. The van der Waals surface area contributed by atoms with Crippen LogP contribution >= 0.6 is 0 Å². The van der Waals surface area contributed by atoms with Gasteiger partial charge in [0.25, 0.3) is 5.69 Å². The average Bonchev–Trinajstić information content (AvgIpc) is 2.69. The second-order valence-corrected chi connectivity index (χ2v) is 10.9. The molecule has 0 radical (unpaired) electrons. The SMILES string of the molecule is CC1CCC(NS(=O)(=O)c2ccc(N3CCC[C@H](CN(C)C)C3)c([N+](=O)[O-])c2)CC1. The fraction of sp³-hybridized carbons (Fsp3) is 0.714. The highest BCUT2D eigenvalue weighted by Crippen LogP contribution is 2.34. The van der Waals surface area contributed by atoms with Crippen molar-refractivity contribution in [2.75, 3.05) is 38.6 Å². The minimum Gasteiger partial charge on any atom is -0.366 e. The molecule has 1 N–H and O–H groups in total. The number of sulfonamides is 1. The first-order valence-corrected chi connectivity index (χ1v) is 12.3. The number of anilines is 1. The highest BCUT2D eigenvalue weighted by Gasteiger charge is 2.29. The molecule has 2 fully saturated rings. The summed E-state index contributed by atoms with van der Waals surface area (Å²) in [6.45, 7) is 4.59. The quantitative estimate of drug-likeness (QED) is 0.519. The van der Waals surface area contributed by atoms with E-state index in [9.17, 15) is 18.5 Å². The van der Waals surface area contributed by atoms with Crippen molar-refractivity contribution in [2.24, 2.45) is 11.8 Å². The molecule has 3 rings (SSSR count). The maximum atomic E-state index is 12.9. The number of piperidine rings is 1. The minimum absolute atomic E-state index is 0.0292. The van der Waals surface area contributed by atoms with Gasteiger partial charge in [0.1, 0.15) is 5.69 Å². The van der Waals surface area contributed by atoms with E-state index in [1.165, 1.54) is 12.1 Å². The van der Waals surface area contributed by atoms with Crippen LogP contribution in [0, 0.1) is 22.0 Å². The predicted molar refractivity (Wildman–Crippen MR) is 118 cm³/mol. The Balaban J connectivity index is 1.80. The maximum absolute atomic E-state index is 12.9. The van der Waals surface area contributed by atoms with Gasteiger partial charge in [-0.15, -0.1) is 0 Å². The second-order valence-electron chi connectivity index (χ2n) is 9.20. The molecule has 168 valence electrons. The van der Waals surface area contributed by atoms with Gasteiger partial charge in [-0.05, 0) is 76.6 Å². The lowest BCUT2D eigenvalue weighted by Crippen LogP contribution is -2.40. The van der Waals surface area contributed by atoms with Crippen LogP contribution in [0.1, 0.15) is 45.4 Å². The van der Waals surface area contributed by atoms with Crippen LogP contribution in [-0.4, -0.2) is 58.0 Å². The normalized spacial score (nSPS) is 25.5. The summed E-state index contributed by atoms with van der Waals surface area (Å²) in [5.41, 5.74) is 0.370. The Hall–Kier alpha value is -1.71. The van der Waals surface area contributed by atoms with Crippen LogP contribution in [0.25, 0.3) is 0 Å². The smallest absolute Gasteiger partial charge is 0.293 e. The molecule has 9 heteroatoms. The molecule has 1 aliphatic heterocycles. The summed E-state index contributed by atoms with van der Waals surface area (Å²) in [7, 11) is 0.270. The molecule has 1 saturated heterocycles. The zero-order valence-electron chi connectivity index (χ0n) is 18.2. The van der Waals surface area contributed by atoms with E-state index in [1.54, 1.807) is 6.07 Å². The topological polar surface area (TPSA) is 95.8 Å².